The van der Waals surface area contributed by atoms with E-state index in [-0.39, 0.29) is 23.3 Å². The molecule has 0 radical (unpaired) electrons. The van der Waals surface area contributed by atoms with Gasteiger partial charge in [-0.05, 0) is 37.8 Å². The molecule has 0 bridgehead atoms. The van der Waals surface area contributed by atoms with Gasteiger partial charge in [0.15, 0.2) is 0 Å². The molecule has 4 rings (SSSR count). The summed E-state index contributed by atoms with van der Waals surface area (Å²) >= 11 is 0. The van der Waals surface area contributed by atoms with Crippen LogP contribution in [0.3, 0.4) is 0 Å². The van der Waals surface area contributed by atoms with Gasteiger partial charge in [-0.15, -0.1) is 0 Å². The number of ether oxygens (including phenoxy) is 3. The van der Waals surface area contributed by atoms with Crippen LogP contribution in [0.15, 0.2) is 35.0 Å². The van der Waals surface area contributed by atoms with Crippen LogP contribution >= 0.6 is 0 Å². The number of hydrogen-bond donors (Lipinski definition) is 0. The van der Waals surface area contributed by atoms with Crippen LogP contribution in [0.25, 0.3) is 0 Å². The predicted molar refractivity (Wildman–Crippen MR) is 116 cm³/mol. The number of rotatable bonds is 5. The molecule has 2 fully saturated rings. The highest BCUT2D eigenvalue weighted by atomic mass is 16.5. The maximum absolute atomic E-state index is 12.6. The smallest absolute Gasteiger partial charge is 0.337 e. The first-order valence-electron chi connectivity index (χ1n) is 10.8. The predicted octanol–water partition coefficient (Wildman–Crippen LogP) is 4.08. The van der Waals surface area contributed by atoms with Gasteiger partial charge in [0.25, 0.3) is 0 Å². The van der Waals surface area contributed by atoms with Crippen molar-refractivity contribution in [3.05, 3.63) is 35.6 Å². The number of benzene rings is 1. The third-order valence-electron chi connectivity index (χ3n) is 7.35. The number of nitrogens with zero attached hydrogens (tertiary/aromatic N) is 2. The molecule has 0 saturated carbocycles. The summed E-state index contributed by atoms with van der Waals surface area (Å²) in [5.74, 6) is 1.32. The topological polar surface area (TPSA) is 60.4 Å². The van der Waals surface area contributed by atoms with Crippen LogP contribution in [0, 0.1) is 11.8 Å². The van der Waals surface area contributed by atoms with E-state index in [1.54, 1.807) is 20.5 Å². The normalized spacial score (nSPS) is 30.6. The zero-order valence-corrected chi connectivity index (χ0v) is 18.6. The van der Waals surface area contributed by atoms with Crippen LogP contribution in [0.1, 0.15) is 44.6 Å². The summed E-state index contributed by atoms with van der Waals surface area (Å²) in [4.78, 5) is 20.3. The lowest BCUT2D eigenvalue weighted by atomic mass is 9.65. The average molecular weight is 413 g/mol. The van der Waals surface area contributed by atoms with Crippen LogP contribution in [-0.2, 0) is 14.3 Å². The van der Waals surface area contributed by atoms with E-state index >= 15 is 0 Å². The second kappa shape index (κ2) is 8.06. The second-order valence-corrected chi connectivity index (χ2v) is 8.73. The third-order valence-corrected chi connectivity index (χ3v) is 7.35. The Balaban J connectivity index is 1.74. The number of piperidine rings is 2. The Bertz CT molecular complexity index is 893. The Morgan fingerprint density at radius 1 is 1.33 bits per heavy atom. The van der Waals surface area contributed by atoms with Gasteiger partial charge in [0.2, 0.25) is 0 Å². The molecule has 0 N–H and O–H groups in total. The van der Waals surface area contributed by atoms with E-state index < -0.39 is 0 Å². The molecule has 0 aliphatic carbocycles. The first kappa shape index (κ1) is 20.9. The first-order chi connectivity index (χ1) is 14.5. The van der Waals surface area contributed by atoms with Crippen molar-refractivity contribution in [2.24, 2.45) is 16.8 Å². The third kappa shape index (κ3) is 3.13. The molecule has 0 aromatic heterocycles. The highest BCUT2D eigenvalue weighted by Crippen LogP contribution is 2.53. The summed E-state index contributed by atoms with van der Waals surface area (Å²) in [5.41, 5.74) is 3.85. The summed E-state index contributed by atoms with van der Waals surface area (Å²) in [5, 5.41) is 0. The van der Waals surface area contributed by atoms with Crippen molar-refractivity contribution in [2.75, 3.05) is 34.4 Å². The minimum atomic E-state index is -0.303. The molecule has 3 aliphatic rings. The monoisotopic (exact) mass is 412 g/mol. The largest absolute Gasteiger partial charge is 0.504 e. The number of fused-ring (bicyclic) bond motifs is 5. The summed E-state index contributed by atoms with van der Waals surface area (Å²) in [6, 6.07) is 6.11. The molecular weight excluding hydrogens is 380 g/mol. The molecule has 4 atom stereocenters. The molecule has 0 spiro atoms. The van der Waals surface area contributed by atoms with Crippen molar-refractivity contribution in [1.82, 2.24) is 4.90 Å². The Kier molecular flexibility index (Phi) is 5.62. The Morgan fingerprint density at radius 3 is 2.80 bits per heavy atom. The fraction of sp³-hybridized carbons (Fsp3) is 0.583. The van der Waals surface area contributed by atoms with Gasteiger partial charge in [0.05, 0.1) is 44.4 Å². The number of carbonyl (C=O) groups is 1. The Morgan fingerprint density at radius 2 is 2.13 bits per heavy atom. The highest BCUT2D eigenvalue weighted by Gasteiger charge is 2.53. The molecule has 2 saturated heterocycles. The van der Waals surface area contributed by atoms with Gasteiger partial charge in [-0.25, -0.2) is 4.79 Å². The molecule has 3 heterocycles. The van der Waals surface area contributed by atoms with Crippen molar-refractivity contribution in [3.63, 3.8) is 0 Å². The molecule has 1 aromatic rings. The number of aliphatic imine (C=N–C) groups is 1. The lowest BCUT2D eigenvalue weighted by Crippen LogP contribution is -2.63. The molecule has 0 amide bonds. The molecular formula is C24H32N2O4. The lowest BCUT2D eigenvalue weighted by Gasteiger charge is -2.55. The van der Waals surface area contributed by atoms with Gasteiger partial charge in [-0.2, -0.15) is 0 Å². The zero-order valence-electron chi connectivity index (χ0n) is 18.6. The number of methoxy groups -OCH3 is 3. The summed E-state index contributed by atoms with van der Waals surface area (Å²) in [6.07, 6.45) is 4.44. The number of carbonyl (C=O) groups excluding carboxylic acids is 1. The van der Waals surface area contributed by atoms with Crippen LogP contribution in [-0.4, -0.2) is 56.5 Å². The van der Waals surface area contributed by atoms with Gasteiger partial charge in [-0.3, -0.25) is 9.89 Å². The van der Waals surface area contributed by atoms with Gasteiger partial charge < -0.3 is 14.2 Å². The maximum atomic E-state index is 12.6. The Labute approximate surface area is 178 Å². The molecule has 3 aliphatic heterocycles. The molecule has 1 unspecified atom stereocenters. The highest BCUT2D eigenvalue weighted by molar-refractivity contribution is 6.06. The van der Waals surface area contributed by atoms with E-state index in [2.05, 4.69) is 24.8 Å². The standard InChI is InChI=1S/C24H32N2O4/c1-6-15-13-26-11-10-16-21-19(8-7-9-20(21)29-4)25-22(16)24(26,2)12-17(15)18(14-28-3)23(27)30-5/h7-9,14-17H,6,10-13H2,1-5H3/b18-14+/t15-,16?,17+,24+/m1/s1. The minimum absolute atomic E-state index is 0.0655. The van der Waals surface area contributed by atoms with Crippen LogP contribution in [0.5, 0.6) is 5.75 Å². The van der Waals surface area contributed by atoms with E-state index in [1.165, 1.54) is 18.4 Å². The van der Waals surface area contributed by atoms with Crippen LogP contribution < -0.4 is 4.74 Å². The van der Waals surface area contributed by atoms with E-state index in [9.17, 15) is 4.79 Å². The minimum Gasteiger partial charge on any atom is -0.504 e. The summed E-state index contributed by atoms with van der Waals surface area (Å²) in [6.45, 7) is 6.44. The van der Waals surface area contributed by atoms with Gasteiger partial charge >= 0.3 is 5.97 Å². The van der Waals surface area contributed by atoms with E-state index in [0.717, 1.165) is 43.8 Å². The fourth-order valence-corrected chi connectivity index (χ4v) is 5.81. The molecule has 30 heavy (non-hydrogen) atoms. The van der Waals surface area contributed by atoms with Gasteiger partial charge in [-0.1, -0.05) is 19.4 Å². The van der Waals surface area contributed by atoms with Crippen LogP contribution in [0.2, 0.25) is 0 Å². The summed E-state index contributed by atoms with van der Waals surface area (Å²) < 4.78 is 16.1. The lowest BCUT2D eigenvalue weighted by molar-refractivity contribution is -0.137. The Hall–Kier alpha value is -2.34. The molecule has 162 valence electrons. The van der Waals surface area contributed by atoms with Crippen molar-refractivity contribution >= 4 is 17.4 Å². The van der Waals surface area contributed by atoms with Crippen molar-refractivity contribution in [2.45, 2.75) is 44.6 Å². The SMILES string of the molecule is CC[C@@H]1CN2CCC3C(=Nc4cccc(OC)c43)[C@]2(C)C[C@@H]1/C(=C\OC)C(=O)OC. The molecule has 6 heteroatoms. The van der Waals surface area contributed by atoms with E-state index in [1.807, 2.05) is 12.1 Å². The van der Waals surface area contributed by atoms with E-state index in [4.69, 9.17) is 19.2 Å². The maximum Gasteiger partial charge on any atom is 0.337 e. The summed E-state index contributed by atoms with van der Waals surface area (Å²) in [7, 11) is 4.75. The fourth-order valence-electron chi connectivity index (χ4n) is 5.81. The zero-order chi connectivity index (χ0) is 21.5. The molecule has 6 nitrogen and oxygen atoms in total. The number of esters is 1. The average Bonchev–Trinajstić information content (AvgIpc) is 3.16. The van der Waals surface area contributed by atoms with Gasteiger partial charge in [0.1, 0.15) is 5.75 Å². The van der Waals surface area contributed by atoms with E-state index in [0.29, 0.717) is 11.5 Å². The van der Waals surface area contributed by atoms with Crippen LogP contribution in [0.4, 0.5) is 5.69 Å². The number of hydrogen-bond acceptors (Lipinski definition) is 6. The van der Waals surface area contributed by atoms with Crippen molar-refractivity contribution < 1.29 is 19.0 Å². The quantitative estimate of drug-likeness (QED) is 0.414. The molecule has 1 aromatic carbocycles. The van der Waals surface area contributed by atoms with Crippen molar-refractivity contribution in [1.29, 1.82) is 0 Å². The van der Waals surface area contributed by atoms with Crippen molar-refractivity contribution in [3.8, 4) is 5.75 Å². The second-order valence-electron chi connectivity index (χ2n) is 8.73. The van der Waals surface area contributed by atoms with Gasteiger partial charge in [0, 0.05) is 36.2 Å². The first-order valence-corrected chi connectivity index (χ1v) is 10.8.